The molecule has 7 nitrogen and oxygen atoms in total. The molecule has 2 rings (SSSR count). The summed E-state index contributed by atoms with van der Waals surface area (Å²) in [6.45, 7) is 13.5. The molecule has 0 aromatic heterocycles. The van der Waals surface area contributed by atoms with Crippen LogP contribution in [-0.4, -0.2) is 113 Å². The normalized spacial score (nSPS) is 25.0. The van der Waals surface area contributed by atoms with E-state index < -0.39 is 0 Å². The van der Waals surface area contributed by atoms with E-state index in [0.29, 0.717) is 18.0 Å². The summed E-state index contributed by atoms with van der Waals surface area (Å²) in [7, 11) is 6.26. The summed E-state index contributed by atoms with van der Waals surface area (Å²) in [4.78, 5) is 11.8. The molecule has 0 radical (unpaired) electrons. The fourth-order valence-electron chi connectivity index (χ4n) is 3.65. The maximum atomic E-state index is 5.49. The molecule has 26 heavy (non-hydrogen) atoms. The molecular weight excluding hydrogens is 443 g/mol. The number of guanidine groups is 1. The molecule has 8 heteroatoms. The van der Waals surface area contributed by atoms with Crippen LogP contribution >= 0.6 is 24.0 Å². The van der Waals surface area contributed by atoms with E-state index in [9.17, 15) is 0 Å². The Kier molecular flexibility index (Phi) is 11.3. The Hall–Kier alpha value is -0.160. The van der Waals surface area contributed by atoms with Gasteiger partial charge >= 0.3 is 0 Å². The lowest BCUT2D eigenvalue weighted by atomic mass is 10.0. The second-order valence-electron chi connectivity index (χ2n) is 7.69. The molecule has 0 aromatic carbocycles. The largest absolute Gasteiger partial charge is 0.379 e. The number of nitrogens with one attached hydrogen (secondary N) is 2. The van der Waals surface area contributed by atoms with E-state index in [2.05, 4.69) is 58.3 Å². The highest BCUT2D eigenvalue weighted by molar-refractivity contribution is 14.0. The molecule has 2 fully saturated rings. The van der Waals surface area contributed by atoms with Crippen LogP contribution in [0.2, 0.25) is 0 Å². The molecule has 0 saturated carbocycles. The minimum atomic E-state index is 0. The van der Waals surface area contributed by atoms with E-state index in [4.69, 9.17) is 4.74 Å². The van der Waals surface area contributed by atoms with Gasteiger partial charge in [-0.15, -0.1) is 24.0 Å². The van der Waals surface area contributed by atoms with Crippen LogP contribution in [0.15, 0.2) is 4.99 Å². The summed E-state index contributed by atoms with van der Waals surface area (Å²) in [5.41, 5.74) is 0. The van der Waals surface area contributed by atoms with Crippen LogP contribution in [0.4, 0.5) is 0 Å². The lowest BCUT2D eigenvalue weighted by molar-refractivity contribution is 0.00751. The summed E-state index contributed by atoms with van der Waals surface area (Å²) < 4.78 is 5.49. The van der Waals surface area contributed by atoms with Gasteiger partial charge in [-0.3, -0.25) is 14.8 Å². The molecule has 2 unspecified atom stereocenters. The summed E-state index contributed by atoms with van der Waals surface area (Å²) in [5, 5.41) is 7.05. The van der Waals surface area contributed by atoms with Gasteiger partial charge in [-0.25, -0.2) is 0 Å². The second-order valence-corrected chi connectivity index (χ2v) is 7.69. The van der Waals surface area contributed by atoms with Crippen molar-refractivity contribution in [3.63, 3.8) is 0 Å². The molecule has 2 saturated heterocycles. The molecule has 2 heterocycles. The van der Waals surface area contributed by atoms with E-state index in [1.54, 1.807) is 0 Å². The molecule has 2 N–H and O–H groups in total. The van der Waals surface area contributed by atoms with Gasteiger partial charge in [0.25, 0.3) is 0 Å². The van der Waals surface area contributed by atoms with Gasteiger partial charge in [-0.05, 0) is 20.0 Å². The monoisotopic (exact) mass is 482 g/mol. The van der Waals surface area contributed by atoms with Crippen LogP contribution in [0.1, 0.15) is 13.8 Å². The molecule has 2 aliphatic rings. The quantitative estimate of drug-likeness (QED) is 0.324. The number of rotatable bonds is 6. The average molecular weight is 482 g/mol. The van der Waals surface area contributed by atoms with Gasteiger partial charge in [0.05, 0.1) is 13.2 Å². The van der Waals surface area contributed by atoms with Gasteiger partial charge in [0.1, 0.15) is 0 Å². The average Bonchev–Trinajstić information content (AvgIpc) is 2.61. The molecule has 0 aliphatic carbocycles. The van der Waals surface area contributed by atoms with Crippen molar-refractivity contribution in [3.05, 3.63) is 0 Å². The number of likely N-dealkylation sites (N-methyl/N-ethyl adjacent to an activating group) is 2. The molecule has 2 aliphatic heterocycles. The zero-order valence-corrected chi connectivity index (χ0v) is 19.5. The number of halogens is 1. The molecule has 154 valence electrons. The Morgan fingerprint density at radius 3 is 2.42 bits per heavy atom. The van der Waals surface area contributed by atoms with Crippen LogP contribution in [-0.2, 0) is 4.74 Å². The first-order valence-corrected chi connectivity index (χ1v) is 9.66. The Balaban J connectivity index is 0.00000338. The number of hydrogen-bond acceptors (Lipinski definition) is 5. The van der Waals surface area contributed by atoms with Crippen molar-refractivity contribution in [2.24, 2.45) is 10.9 Å². The van der Waals surface area contributed by atoms with E-state index in [0.717, 1.165) is 65.0 Å². The Morgan fingerprint density at radius 1 is 1.12 bits per heavy atom. The fourth-order valence-corrected chi connectivity index (χ4v) is 3.65. The van der Waals surface area contributed by atoms with E-state index in [1.807, 2.05) is 7.05 Å². The van der Waals surface area contributed by atoms with Crippen LogP contribution < -0.4 is 10.6 Å². The standard InChI is InChI=1S/C18H38N6O.HI/c1-15(2)17(24-8-10-25-11-9-24)13-21-18(19-3)20-12-16-14-22(4)6-7-23(16)5;/h15-17H,6-14H2,1-5H3,(H2,19,20,21);1H. The van der Waals surface area contributed by atoms with Crippen LogP contribution in [0.3, 0.4) is 0 Å². The molecule has 0 aromatic rings. The lowest BCUT2D eigenvalue weighted by Gasteiger charge is -2.38. The minimum absolute atomic E-state index is 0. The number of hydrogen-bond donors (Lipinski definition) is 2. The van der Waals surface area contributed by atoms with E-state index in [-0.39, 0.29) is 24.0 Å². The van der Waals surface area contributed by atoms with E-state index in [1.165, 1.54) is 0 Å². The zero-order chi connectivity index (χ0) is 18.2. The number of ether oxygens (including phenoxy) is 1. The summed E-state index contributed by atoms with van der Waals surface area (Å²) in [6.07, 6.45) is 0. The third kappa shape index (κ3) is 7.46. The van der Waals surface area contributed by atoms with Crippen molar-refractivity contribution < 1.29 is 4.74 Å². The minimum Gasteiger partial charge on any atom is -0.379 e. The highest BCUT2D eigenvalue weighted by atomic mass is 127. The number of piperazine rings is 1. The van der Waals surface area contributed by atoms with Crippen molar-refractivity contribution >= 4 is 29.9 Å². The topological polar surface area (TPSA) is 55.4 Å². The van der Waals surface area contributed by atoms with Gasteiger partial charge in [-0.1, -0.05) is 13.8 Å². The summed E-state index contributed by atoms with van der Waals surface area (Å²) in [6, 6.07) is 1.03. The first kappa shape index (κ1) is 23.9. The van der Waals surface area contributed by atoms with Crippen molar-refractivity contribution in [3.8, 4) is 0 Å². The molecule has 0 spiro atoms. The number of morpholine rings is 1. The Bertz CT molecular complexity index is 416. The van der Waals surface area contributed by atoms with Crippen LogP contribution in [0.5, 0.6) is 0 Å². The maximum Gasteiger partial charge on any atom is 0.191 e. The number of aliphatic imine (C=N–C) groups is 1. The van der Waals surface area contributed by atoms with Gasteiger partial charge in [0, 0.05) is 64.9 Å². The van der Waals surface area contributed by atoms with E-state index >= 15 is 0 Å². The van der Waals surface area contributed by atoms with Crippen molar-refractivity contribution in [1.29, 1.82) is 0 Å². The molecule has 2 atom stereocenters. The molecule has 0 bridgehead atoms. The lowest BCUT2D eigenvalue weighted by Crippen LogP contribution is -2.56. The first-order chi connectivity index (χ1) is 12.0. The van der Waals surface area contributed by atoms with Crippen molar-refractivity contribution in [1.82, 2.24) is 25.3 Å². The smallest absolute Gasteiger partial charge is 0.191 e. The SMILES string of the molecule is CN=C(NCC1CN(C)CCN1C)NCC(C(C)C)N1CCOCC1.I. The van der Waals surface area contributed by atoms with Crippen molar-refractivity contribution in [2.75, 3.05) is 80.2 Å². The highest BCUT2D eigenvalue weighted by Gasteiger charge is 2.25. The molecule has 0 amide bonds. The molecular formula is C18H39IN6O. The Morgan fingerprint density at radius 2 is 1.81 bits per heavy atom. The third-order valence-electron chi connectivity index (χ3n) is 5.47. The number of nitrogens with zero attached hydrogens (tertiary/aromatic N) is 4. The second kappa shape index (κ2) is 12.3. The van der Waals surface area contributed by atoms with Crippen LogP contribution in [0, 0.1) is 5.92 Å². The predicted octanol–water partition coefficient (Wildman–Crippen LogP) is 0.372. The first-order valence-electron chi connectivity index (χ1n) is 9.66. The van der Waals surface area contributed by atoms with Gasteiger partial charge < -0.3 is 20.3 Å². The van der Waals surface area contributed by atoms with Crippen LogP contribution in [0.25, 0.3) is 0 Å². The predicted molar refractivity (Wildman–Crippen MR) is 120 cm³/mol. The van der Waals surface area contributed by atoms with Gasteiger partial charge in [0.2, 0.25) is 0 Å². The third-order valence-corrected chi connectivity index (χ3v) is 5.47. The Labute approximate surface area is 176 Å². The summed E-state index contributed by atoms with van der Waals surface area (Å²) >= 11 is 0. The zero-order valence-electron chi connectivity index (χ0n) is 17.2. The fraction of sp³-hybridized carbons (Fsp3) is 0.944. The maximum absolute atomic E-state index is 5.49. The summed E-state index contributed by atoms with van der Waals surface area (Å²) in [5.74, 6) is 1.50. The van der Waals surface area contributed by atoms with Crippen molar-refractivity contribution in [2.45, 2.75) is 25.9 Å². The van der Waals surface area contributed by atoms with Gasteiger partial charge in [-0.2, -0.15) is 0 Å². The van der Waals surface area contributed by atoms with Gasteiger partial charge in [0.15, 0.2) is 5.96 Å². The highest BCUT2D eigenvalue weighted by Crippen LogP contribution is 2.12.